The highest BCUT2D eigenvalue weighted by atomic mass is 35.5. The summed E-state index contributed by atoms with van der Waals surface area (Å²) >= 11 is 5.89. The summed E-state index contributed by atoms with van der Waals surface area (Å²) < 4.78 is 10.9. The molecular weight excluding hydrogens is 456 g/mol. The van der Waals surface area contributed by atoms with Gasteiger partial charge in [-0.2, -0.15) is 0 Å². The van der Waals surface area contributed by atoms with Crippen LogP contribution in [0.2, 0.25) is 0 Å². The summed E-state index contributed by atoms with van der Waals surface area (Å²) in [5.74, 6) is -0.737. The highest BCUT2D eigenvalue weighted by Gasteiger charge is 2.38. The van der Waals surface area contributed by atoms with Gasteiger partial charge in [0.2, 0.25) is 0 Å². The summed E-state index contributed by atoms with van der Waals surface area (Å²) in [6.45, 7) is 12.0. The van der Waals surface area contributed by atoms with Crippen molar-refractivity contribution in [1.29, 1.82) is 0 Å². The molecule has 0 saturated heterocycles. The molecule has 184 valence electrons. The summed E-state index contributed by atoms with van der Waals surface area (Å²) in [6.07, 6.45) is 4.04. The summed E-state index contributed by atoms with van der Waals surface area (Å²) in [4.78, 5) is 25.6. The lowest BCUT2D eigenvalue weighted by Gasteiger charge is -2.31. The van der Waals surface area contributed by atoms with Crippen LogP contribution in [0.25, 0.3) is 5.57 Å². The molecule has 2 rings (SSSR count). The average molecular weight is 489 g/mol. The van der Waals surface area contributed by atoms with Crippen molar-refractivity contribution in [1.82, 2.24) is 20.7 Å². The SMILES string of the molecule is C=C(Cl)/C=C(\C)c1ccc(C[C@H](C[C@@](C)(COCC)C(=O)OCC)NC(=O)c2c[nH]nn2)cc1. The maximum absolute atomic E-state index is 12.8. The third-order valence-corrected chi connectivity index (χ3v) is 5.45. The fourth-order valence-corrected chi connectivity index (χ4v) is 3.79. The number of hydrogen-bond donors (Lipinski definition) is 2. The predicted molar refractivity (Wildman–Crippen MR) is 132 cm³/mol. The van der Waals surface area contributed by atoms with E-state index in [1.165, 1.54) is 6.20 Å². The summed E-state index contributed by atoms with van der Waals surface area (Å²) in [6, 6.07) is 7.57. The van der Waals surface area contributed by atoms with E-state index in [1.807, 2.05) is 38.1 Å². The van der Waals surface area contributed by atoms with Gasteiger partial charge in [0.25, 0.3) is 5.91 Å². The van der Waals surface area contributed by atoms with Crippen LogP contribution in [0.4, 0.5) is 0 Å². The number of carbonyl (C=O) groups is 2. The molecule has 0 fully saturated rings. The molecule has 0 radical (unpaired) electrons. The van der Waals surface area contributed by atoms with E-state index in [9.17, 15) is 9.59 Å². The largest absolute Gasteiger partial charge is 0.466 e. The smallest absolute Gasteiger partial charge is 0.314 e. The number of amides is 1. The Morgan fingerprint density at radius 1 is 1.26 bits per heavy atom. The Morgan fingerprint density at radius 3 is 2.53 bits per heavy atom. The lowest BCUT2D eigenvalue weighted by Crippen LogP contribution is -2.45. The van der Waals surface area contributed by atoms with Crippen molar-refractivity contribution in [3.8, 4) is 0 Å². The van der Waals surface area contributed by atoms with Crippen molar-refractivity contribution in [3.63, 3.8) is 0 Å². The first-order chi connectivity index (χ1) is 16.2. The highest BCUT2D eigenvalue weighted by molar-refractivity contribution is 6.31. The van der Waals surface area contributed by atoms with Gasteiger partial charge in [-0.3, -0.25) is 14.7 Å². The van der Waals surface area contributed by atoms with E-state index in [2.05, 4.69) is 27.3 Å². The van der Waals surface area contributed by atoms with Crippen LogP contribution in [0.5, 0.6) is 0 Å². The number of aromatic amines is 1. The minimum atomic E-state index is -0.937. The molecule has 8 nitrogen and oxygen atoms in total. The third kappa shape index (κ3) is 8.11. The van der Waals surface area contributed by atoms with E-state index in [0.717, 1.165) is 16.7 Å². The first-order valence-corrected chi connectivity index (χ1v) is 11.6. The number of esters is 1. The van der Waals surface area contributed by atoms with Gasteiger partial charge in [-0.25, -0.2) is 0 Å². The standard InChI is InChI=1S/C25H33ClN4O4/c1-6-33-16-25(5,24(32)34-7-2)14-21(28-23(31)22-15-27-30-29-22)13-19-8-10-20(11-9-19)17(3)12-18(4)26/h8-12,15,21H,4,6-7,13-14,16H2,1-3,5H3,(H,28,31)(H,27,29,30)/b17-12+/t21-,25+/m1/s1. The molecule has 1 heterocycles. The Hall–Kier alpha value is -2.97. The number of ether oxygens (including phenoxy) is 2. The fraction of sp³-hybridized carbons (Fsp3) is 0.440. The van der Waals surface area contributed by atoms with Gasteiger partial charge < -0.3 is 14.8 Å². The van der Waals surface area contributed by atoms with Gasteiger partial charge in [-0.15, -0.1) is 5.10 Å². The van der Waals surface area contributed by atoms with Crippen molar-refractivity contribution in [2.45, 2.75) is 46.6 Å². The second-order valence-corrected chi connectivity index (χ2v) is 8.81. The molecule has 0 bridgehead atoms. The maximum Gasteiger partial charge on any atom is 0.314 e. The van der Waals surface area contributed by atoms with E-state index in [1.54, 1.807) is 19.9 Å². The van der Waals surface area contributed by atoms with Crippen molar-refractivity contribution in [2.75, 3.05) is 19.8 Å². The Morgan fingerprint density at radius 2 is 1.97 bits per heavy atom. The number of hydrogen-bond acceptors (Lipinski definition) is 6. The summed E-state index contributed by atoms with van der Waals surface area (Å²) in [5, 5.41) is 13.4. The van der Waals surface area contributed by atoms with Gasteiger partial charge in [0.1, 0.15) is 0 Å². The summed E-state index contributed by atoms with van der Waals surface area (Å²) in [5.41, 5.74) is 2.24. The Bertz CT molecular complexity index is 989. The molecule has 2 aromatic rings. The number of benzene rings is 1. The van der Waals surface area contributed by atoms with Crippen molar-refractivity contribution < 1.29 is 19.1 Å². The molecule has 1 aromatic heterocycles. The van der Waals surface area contributed by atoms with Crippen LogP contribution in [0, 0.1) is 5.41 Å². The maximum atomic E-state index is 12.8. The molecule has 0 aliphatic rings. The molecule has 0 aliphatic carbocycles. The quantitative estimate of drug-likeness (QED) is 0.321. The van der Waals surface area contributed by atoms with Crippen LogP contribution in [0.1, 0.15) is 55.7 Å². The number of rotatable bonds is 13. The van der Waals surface area contributed by atoms with E-state index in [0.29, 0.717) is 24.5 Å². The second kappa shape index (κ2) is 13.1. The second-order valence-electron chi connectivity index (χ2n) is 8.33. The van der Waals surface area contributed by atoms with Gasteiger partial charge in [0.05, 0.1) is 24.8 Å². The monoisotopic (exact) mass is 488 g/mol. The van der Waals surface area contributed by atoms with Gasteiger partial charge in [0.15, 0.2) is 5.69 Å². The van der Waals surface area contributed by atoms with Crippen LogP contribution in [0.3, 0.4) is 0 Å². The van der Waals surface area contributed by atoms with Crippen molar-refractivity contribution >= 4 is 29.1 Å². The molecule has 0 aliphatic heterocycles. The average Bonchev–Trinajstić information content (AvgIpc) is 3.33. The van der Waals surface area contributed by atoms with E-state index >= 15 is 0 Å². The topological polar surface area (TPSA) is 106 Å². The van der Waals surface area contributed by atoms with Crippen molar-refractivity contribution in [3.05, 3.63) is 65.0 Å². The minimum Gasteiger partial charge on any atom is -0.466 e. The number of nitrogens with zero attached hydrogens (tertiary/aromatic N) is 2. The molecule has 1 aromatic carbocycles. The van der Waals surface area contributed by atoms with Crippen LogP contribution in [-0.2, 0) is 20.7 Å². The number of nitrogens with one attached hydrogen (secondary N) is 2. The van der Waals surface area contributed by atoms with Crippen LogP contribution < -0.4 is 5.32 Å². The molecule has 34 heavy (non-hydrogen) atoms. The molecule has 0 saturated carbocycles. The molecule has 9 heteroatoms. The normalized spacial score (nSPS) is 14.2. The first-order valence-electron chi connectivity index (χ1n) is 11.2. The van der Waals surface area contributed by atoms with E-state index in [-0.39, 0.29) is 36.8 Å². The molecule has 1 amide bonds. The zero-order valence-electron chi connectivity index (χ0n) is 20.2. The number of allylic oxidation sites excluding steroid dienone is 3. The zero-order valence-corrected chi connectivity index (χ0v) is 20.9. The number of halogens is 1. The Kier molecular flexibility index (Phi) is 10.5. The van der Waals surface area contributed by atoms with Crippen LogP contribution >= 0.6 is 11.6 Å². The lowest BCUT2D eigenvalue weighted by molar-refractivity contribution is -0.159. The number of aromatic nitrogens is 3. The highest BCUT2D eigenvalue weighted by Crippen LogP contribution is 2.28. The van der Waals surface area contributed by atoms with Crippen molar-refractivity contribution in [2.24, 2.45) is 5.41 Å². The fourth-order valence-electron chi connectivity index (χ4n) is 3.63. The van der Waals surface area contributed by atoms with E-state index < -0.39 is 5.41 Å². The van der Waals surface area contributed by atoms with Gasteiger partial charge in [-0.1, -0.05) is 47.7 Å². The van der Waals surface area contributed by atoms with E-state index in [4.69, 9.17) is 21.1 Å². The Labute approximate surface area is 205 Å². The van der Waals surface area contributed by atoms with Gasteiger partial charge in [0, 0.05) is 17.7 Å². The number of carbonyl (C=O) groups excluding carboxylic acids is 2. The zero-order chi connectivity index (χ0) is 25.1. The molecule has 0 unspecified atom stereocenters. The first kappa shape index (κ1) is 27.3. The lowest BCUT2D eigenvalue weighted by atomic mass is 9.82. The van der Waals surface area contributed by atoms with Gasteiger partial charge >= 0.3 is 5.97 Å². The molecule has 2 atom stereocenters. The Balaban J connectivity index is 2.28. The number of H-pyrrole nitrogens is 1. The predicted octanol–water partition coefficient (Wildman–Crippen LogP) is 4.30. The van der Waals surface area contributed by atoms with Gasteiger partial charge in [-0.05, 0) is 63.3 Å². The summed E-state index contributed by atoms with van der Waals surface area (Å²) in [7, 11) is 0. The third-order valence-electron chi connectivity index (χ3n) is 5.34. The van der Waals surface area contributed by atoms with Crippen LogP contribution in [-0.4, -0.2) is 53.1 Å². The molecule has 2 N–H and O–H groups in total. The van der Waals surface area contributed by atoms with Crippen LogP contribution in [0.15, 0.2) is 48.1 Å². The minimum absolute atomic E-state index is 0.171. The molecular formula is C25H33ClN4O4. The molecule has 0 spiro atoms.